The highest BCUT2D eigenvalue weighted by atomic mass is 16.2. The van der Waals surface area contributed by atoms with Crippen LogP contribution in [0.2, 0.25) is 0 Å². The number of hydrogen-bond donors (Lipinski definition) is 2. The van der Waals surface area contributed by atoms with Crippen molar-refractivity contribution < 1.29 is 14.4 Å². The second kappa shape index (κ2) is 8.34. The number of anilines is 1. The van der Waals surface area contributed by atoms with Crippen molar-refractivity contribution in [2.75, 3.05) is 11.9 Å². The molecule has 3 amide bonds. The Morgan fingerprint density at radius 3 is 2.69 bits per heavy atom. The van der Waals surface area contributed by atoms with Crippen molar-refractivity contribution in [2.45, 2.75) is 58.0 Å². The molecule has 0 bridgehead atoms. The van der Waals surface area contributed by atoms with Crippen molar-refractivity contribution >= 4 is 23.4 Å². The Morgan fingerprint density at radius 2 is 2.00 bits per heavy atom. The molecule has 6 heteroatoms. The molecule has 1 atom stereocenters. The average Bonchev–Trinajstić information content (AvgIpc) is 3.28. The number of amides is 3. The molecule has 1 aromatic carbocycles. The average molecular weight is 357 g/mol. The molecule has 140 valence electrons. The van der Waals surface area contributed by atoms with Crippen LogP contribution in [0.15, 0.2) is 24.3 Å². The molecule has 6 nitrogen and oxygen atoms in total. The smallest absolute Gasteiger partial charge is 0.246 e. The first-order valence-electron chi connectivity index (χ1n) is 9.51. The molecule has 2 fully saturated rings. The highest BCUT2D eigenvalue weighted by molar-refractivity contribution is 5.97. The van der Waals surface area contributed by atoms with Crippen LogP contribution in [0.4, 0.5) is 5.69 Å². The Labute approximate surface area is 154 Å². The lowest BCUT2D eigenvalue weighted by Crippen LogP contribution is -2.43. The summed E-state index contributed by atoms with van der Waals surface area (Å²) in [7, 11) is 0. The predicted molar refractivity (Wildman–Crippen MR) is 99.3 cm³/mol. The van der Waals surface area contributed by atoms with Crippen molar-refractivity contribution in [3.8, 4) is 0 Å². The summed E-state index contributed by atoms with van der Waals surface area (Å²) in [6.07, 6.45) is 5.53. The van der Waals surface area contributed by atoms with Gasteiger partial charge >= 0.3 is 0 Å². The van der Waals surface area contributed by atoms with E-state index in [0.29, 0.717) is 18.7 Å². The van der Waals surface area contributed by atoms with Gasteiger partial charge in [0.1, 0.15) is 6.04 Å². The zero-order chi connectivity index (χ0) is 18.5. The maximum atomic E-state index is 12.4. The third kappa shape index (κ3) is 4.62. The molecule has 1 unspecified atom stereocenters. The fourth-order valence-corrected chi connectivity index (χ4v) is 3.67. The molecule has 1 aliphatic carbocycles. The Hall–Kier alpha value is -2.37. The molecular formula is C20H27N3O3. The SMILES string of the molecule is CC(NC(=O)C1CCCC1)C(=O)Nc1cccc(CN2CCCC2=O)c1. The lowest BCUT2D eigenvalue weighted by atomic mass is 10.1. The van der Waals surface area contributed by atoms with Gasteiger partial charge in [-0.2, -0.15) is 0 Å². The maximum absolute atomic E-state index is 12.4. The normalized spacial score (nSPS) is 18.8. The van der Waals surface area contributed by atoms with Gasteiger partial charge in [-0.15, -0.1) is 0 Å². The summed E-state index contributed by atoms with van der Waals surface area (Å²) in [5.41, 5.74) is 1.67. The quantitative estimate of drug-likeness (QED) is 0.821. The molecule has 1 heterocycles. The Bertz CT molecular complexity index is 683. The molecule has 0 aromatic heterocycles. The van der Waals surface area contributed by atoms with Gasteiger partial charge in [0.15, 0.2) is 0 Å². The highest BCUT2D eigenvalue weighted by Gasteiger charge is 2.25. The molecule has 1 aromatic rings. The Kier molecular flexibility index (Phi) is 5.91. The van der Waals surface area contributed by atoms with Gasteiger partial charge in [-0.25, -0.2) is 0 Å². The van der Waals surface area contributed by atoms with Crippen molar-refractivity contribution in [1.29, 1.82) is 0 Å². The topological polar surface area (TPSA) is 78.5 Å². The minimum atomic E-state index is -0.577. The lowest BCUT2D eigenvalue weighted by molar-refractivity contribution is -0.128. The van der Waals surface area contributed by atoms with Crippen LogP contribution in [-0.4, -0.2) is 35.2 Å². The number of hydrogen-bond acceptors (Lipinski definition) is 3. The standard InChI is InChI=1S/C20H27N3O3/c1-14(21-20(26)16-7-2-3-8-16)19(25)22-17-9-4-6-15(12-17)13-23-11-5-10-18(23)24/h4,6,9,12,14,16H,2-3,5,7-8,10-11,13H2,1H3,(H,21,26)(H,22,25). The van der Waals surface area contributed by atoms with Gasteiger partial charge < -0.3 is 15.5 Å². The first-order valence-corrected chi connectivity index (χ1v) is 9.51. The van der Waals surface area contributed by atoms with Gasteiger partial charge in [-0.3, -0.25) is 14.4 Å². The number of nitrogens with one attached hydrogen (secondary N) is 2. The summed E-state index contributed by atoms with van der Waals surface area (Å²) in [6, 6.07) is 6.94. The first-order chi connectivity index (χ1) is 12.5. The third-order valence-electron chi connectivity index (χ3n) is 5.22. The van der Waals surface area contributed by atoms with E-state index in [-0.39, 0.29) is 23.6 Å². The molecule has 26 heavy (non-hydrogen) atoms. The van der Waals surface area contributed by atoms with Crippen LogP contribution in [-0.2, 0) is 20.9 Å². The van der Waals surface area contributed by atoms with E-state index in [1.165, 1.54) is 0 Å². The van der Waals surface area contributed by atoms with Crippen LogP contribution in [0, 0.1) is 5.92 Å². The van der Waals surface area contributed by atoms with Crippen molar-refractivity contribution in [2.24, 2.45) is 5.92 Å². The zero-order valence-corrected chi connectivity index (χ0v) is 15.3. The van der Waals surface area contributed by atoms with Gasteiger partial charge in [0.05, 0.1) is 0 Å². The van der Waals surface area contributed by atoms with Crippen molar-refractivity contribution in [1.82, 2.24) is 10.2 Å². The van der Waals surface area contributed by atoms with E-state index in [0.717, 1.165) is 44.2 Å². The number of likely N-dealkylation sites (tertiary alicyclic amines) is 1. The summed E-state index contributed by atoms with van der Waals surface area (Å²) >= 11 is 0. The molecule has 2 aliphatic rings. The lowest BCUT2D eigenvalue weighted by Gasteiger charge is -2.18. The van der Waals surface area contributed by atoms with Gasteiger partial charge in [0.2, 0.25) is 17.7 Å². The molecular weight excluding hydrogens is 330 g/mol. The highest BCUT2D eigenvalue weighted by Crippen LogP contribution is 2.24. The fraction of sp³-hybridized carbons (Fsp3) is 0.550. The molecule has 0 radical (unpaired) electrons. The predicted octanol–water partition coefficient (Wildman–Crippen LogP) is 2.44. The van der Waals surface area contributed by atoms with E-state index in [1.54, 1.807) is 6.92 Å². The summed E-state index contributed by atoms with van der Waals surface area (Å²) in [4.78, 5) is 38.1. The van der Waals surface area contributed by atoms with Crippen molar-refractivity contribution in [3.63, 3.8) is 0 Å². The van der Waals surface area contributed by atoms with Crippen molar-refractivity contribution in [3.05, 3.63) is 29.8 Å². The molecule has 3 rings (SSSR count). The minimum Gasteiger partial charge on any atom is -0.344 e. The van der Waals surface area contributed by atoms with Crippen LogP contribution < -0.4 is 10.6 Å². The number of carbonyl (C=O) groups is 3. The summed E-state index contributed by atoms with van der Waals surface area (Å²) < 4.78 is 0. The second-order valence-electron chi connectivity index (χ2n) is 7.32. The largest absolute Gasteiger partial charge is 0.344 e. The van der Waals surface area contributed by atoms with E-state index in [9.17, 15) is 14.4 Å². The van der Waals surface area contributed by atoms with Crippen LogP contribution in [0.1, 0.15) is 51.0 Å². The van der Waals surface area contributed by atoms with Crippen LogP contribution in [0.5, 0.6) is 0 Å². The Morgan fingerprint density at radius 1 is 1.23 bits per heavy atom. The van der Waals surface area contributed by atoms with Crippen LogP contribution in [0.25, 0.3) is 0 Å². The van der Waals surface area contributed by atoms with Gasteiger partial charge in [0, 0.05) is 31.1 Å². The number of carbonyl (C=O) groups excluding carboxylic acids is 3. The van der Waals surface area contributed by atoms with E-state index in [1.807, 2.05) is 29.2 Å². The molecule has 1 aliphatic heterocycles. The summed E-state index contributed by atoms with van der Waals surface area (Å²) in [5, 5.41) is 5.67. The Balaban J connectivity index is 1.54. The van der Waals surface area contributed by atoms with Crippen LogP contribution in [0.3, 0.4) is 0 Å². The number of benzene rings is 1. The molecule has 1 saturated carbocycles. The monoisotopic (exact) mass is 357 g/mol. The fourth-order valence-electron chi connectivity index (χ4n) is 3.67. The molecule has 2 N–H and O–H groups in total. The number of rotatable bonds is 6. The van der Waals surface area contributed by atoms with E-state index in [2.05, 4.69) is 10.6 Å². The number of nitrogens with zero attached hydrogens (tertiary/aromatic N) is 1. The maximum Gasteiger partial charge on any atom is 0.246 e. The van der Waals surface area contributed by atoms with E-state index in [4.69, 9.17) is 0 Å². The van der Waals surface area contributed by atoms with Gasteiger partial charge in [-0.05, 0) is 43.9 Å². The zero-order valence-electron chi connectivity index (χ0n) is 15.3. The van der Waals surface area contributed by atoms with Gasteiger partial charge in [0.25, 0.3) is 0 Å². The van der Waals surface area contributed by atoms with Gasteiger partial charge in [-0.1, -0.05) is 25.0 Å². The first kappa shape index (κ1) is 18.4. The third-order valence-corrected chi connectivity index (χ3v) is 5.22. The second-order valence-corrected chi connectivity index (χ2v) is 7.32. The van der Waals surface area contributed by atoms with Crippen LogP contribution >= 0.6 is 0 Å². The minimum absolute atomic E-state index is 0.0218. The molecule has 0 spiro atoms. The summed E-state index contributed by atoms with van der Waals surface area (Å²) in [5.74, 6) is -0.0218. The van der Waals surface area contributed by atoms with E-state index >= 15 is 0 Å². The van der Waals surface area contributed by atoms with E-state index < -0.39 is 6.04 Å². The molecule has 1 saturated heterocycles. The summed E-state index contributed by atoms with van der Waals surface area (Å²) in [6.45, 7) is 3.06.